The smallest absolute Gasteiger partial charge is 0.315 e. The second-order valence-electron chi connectivity index (χ2n) is 5.91. The van der Waals surface area contributed by atoms with Crippen LogP contribution in [0.5, 0.6) is 0 Å². The second-order valence-corrected chi connectivity index (χ2v) is 5.91. The molecule has 1 aromatic rings. The maximum atomic E-state index is 13.3. The quantitative estimate of drug-likeness (QED) is 0.845. The van der Waals surface area contributed by atoms with Gasteiger partial charge < -0.3 is 5.32 Å². The zero-order chi connectivity index (χ0) is 15.0. The molecule has 0 bridgehead atoms. The molecule has 2 aliphatic heterocycles. The average Bonchev–Trinajstić information content (AvgIpc) is 2.89. The highest BCUT2D eigenvalue weighted by Gasteiger charge is 2.36. The maximum absolute atomic E-state index is 13.3. The minimum Gasteiger partial charge on any atom is -0.315 e. The Morgan fingerprint density at radius 2 is 2.05 bits per heavy atom. The summed E-state index contributed by atoms with van der Waals surface area (Å²) in [5.74, 6) is -0.619. The summed E-state index contributed by atoms with van der Waals surface area (Å²) in [6.07, 6.45) is -2.40. The van der Waals surface area contributed by atoms with Crippen molar-refractivity contribution < 1.29 is 17.6 Å². The Labute approximate surface area is 121 Å². The molecule has 2 aliphatic rings. The number of likely N-dealkylation sites (tertiary alicyclic amines) is 1. The van der Waals surface area contributed by atoms with Gasteiger partial charge in [-0.3, -0.25) is 4.90 Å². The van der Waals surface area contributed by atoms with Crippen molar-refractivity contribution in [1.29, 1.82) is 0 Å². The van der Waals surface area contributed by atoms with E-state index in [1.54, 1.807) is 0 Å². The SMILES string of the molecule is Fc1ccc(CN2CCCC3CNCC32)cc1C(F)(F)F. The molecule has 1 aromatic carbocycles. The number of alkyl halides is 3. The summed E-state index contributed by atoms with van der Waals surface area (Å²) in [7, 11) is 0. The van der Waals surface area contributed by atoms with Crippen molar-refractivity contribution in [2.45, 2.75) is 31.6 Å². The van der Waals surface area contributed by atoms with Crippen molar-refractivity contribution in [2.24, 2.45) is 5.92 Å². The number of halogens is 4. The molecular formula is C15H18F4N2. The lowest BCUT2D eigenvalue weighted by Crippen LogP contribution is -2.44. The van der Waals surface area contributed by atoms with E-state index >= 15 is 0 Å². The van der Waals surface area contributed by atoms with E-state index in [0.29, 0.717) is 24.1 Å². The zero-order valence-electron chi connectivity index (χ0n) is 11.6. The van der Waals surface area contributed by atoms with Crippen molar-refractivity contribution in [1.82, 2.24) is 10.2 Å². The summed E-state index contributed by atoms with van der Waals surface area (Å²) in [6, 6.07) is 3.71. The van der Waals surface area contributed by atoms with Crippen molar-refractivity contribution >= 4 is 0 Å². The standard InChI is InChI=1S/C15H18F4N2/c16-13-4-3-10(6-12(13)15(17,18)19)9-21-5-1-2-11-7-20-8-14(11)21/h3-4,6,11,14,20H,1-2,5,7-9H2. The summed E-state index contributed by atoms with van der Waals surface area (Å²) in [5.41, 5.74) is -0.644. The fraction of sp³-hybridized carbons (Fsp3) is 0.600. The van der Waals surface area contributed by atoms with E-state index in [1.165, 1.54) is 12.5 Å². The van der Waals surface area contributed by atoms with Crippen LogP contribution in [-0.2, 0) is 12.7 Å². The molecule has 3 rings (SSSR count). The molecule has 21 heavy (non-hydrogen) atoms. The van der Waals surface area contributed by atoms with Crippen LogP contribution in [0, 0.1) is 11.7 Å². The Bertz CT molecular complexity index is 515. The molecule has 0 aromatic heterocycles. The minimum atomic E-state index is -4.64. The number of hydrogen-bond donors (Lipinski definition) is 1. The van der Waals surface area contributed by atoms with Crippen molar-refractivity contribution in [2.75, 3.05) is 19.6 Å². The van der Waals surface area contributed by atoms with E-state index in [-0.39, 0.29) is 0 Å². The van der Waals surface area contributed by atoms with Gasteiger partial charge >= 0.3 is 6.18 Å². The Morgan fingerprint density at radius 3 is 2.81 bits per heavy atom. The lowest BCUT2D eigenvalue weighted by atomic mass is 9.91. The molecule has 6 heteroatoms. The summed E-state index contributed by atoms with van der Waals surface area (Å²) in [4.78, 5) is 2.22. The molecule has 0 spiro atoms. The fourth-order valence-corrected chi connectivity index (χ4v) is 3.48. The number of benzene rings is 1. The topological polar surface area (TPSA) is 15.3 Å². The van der Waals surface area contributed by atoms with Gasteiger partial charge in [0.05, 0.1) is 5.56 Å². The highest BCUT2D eigenvalue weighted by Crippen LogP contribution is 2.33. The van der Waals surface area contributed by atoms with Crippen LogP contribution in [0.3, 0.4) is 0 Å². The first kappa shape index (κ1) is 14.8. The van der Waals surface area contributed by atoms with E-state index in [1.807, 2.05) is 0 Å². The molecule has 2 fully saturated rings. The van der Waals surface area contributed by atoms with Gasteiger partial charge in [0.25, 0.3) is 0 Å². The molecule has 1 N–H and O–H groups in total. The van der Waals surface area contributed by atoms with Crippen molar-refractivity contribution in [3.8, 4) is 0 Å². The zero-order valence-corrected chi connectivity index (χ0v) is 11.6. The molecule has 0 amide bonds. The van der Waals surface area contributed by atoms with E-state index in [9.17, 15) is 17.6 Å². The Morgan fingerprint density at radius 1 is 1.24 bits per heavy atom. The highest BCUT2D eigenvalue weighted by atomic mass is 19.4. The summed E-state index contributed by atoms with van der Waals surface area (Å²) in [5, 5.41) is 3.34. The molecule has 2 saturated heterocycles. The summed E-state index contributed by atoms with van der Waals surface area (Å²) < 4.78 is 51.6. The summed E-state index contributed by atoms with van der Waals surface area (Å²) in [6.45, 7) is 3.21. The maximum Gasteiger partial charge on any atom is 0.419 e. The average molecular weight is 302 g/mol. The largest absolute Gasteiger partial charge is 0.419 e. The third-order valence-corrected chi connectivity index (χ3v) is 4.52. The normalized spacial score (nSPS) is 26.9. The first-order chi connectivity index (χ1) is 9.95. The van der Waals surface area contributed by atoms with Crippen LogP contribution in [0.25, 0.3) is 0 Å². The van der Waals surface area contributed by atoms with Gasteiger partial charge in [-0.1, -0.05) is 6.07 Å². The van der Waals surface area contributed by atoms with E-state index in [2.05, 4.69) is 10.2 Å². The van der Waals surface area contributed by atoms with Crippen molar-refractivity contribution in [3.05, 3.63) is 35.1 Å². The van der Waals surface area contributed by atoms with Gasteiger partial charge in [0.1, 0.15) is 5.82 Å². The predicted octanol–water partition coefficient (Wildman–Crippen LogP) is 3.03. The molecule has 2 atom stereocenters. The van der Waals surface area contributed by atoms with Gasteiger partial charge in [-0.05, 0) is 49.5 Å². The lowest BCUT2D eigenvalue weighted by Gasteiger charge is -2.37. The third kappa shape index (κ3) is 3.06. The molecule has 0 radical (unpaired) electrons. The second kappa shape index (κ2) is 5.57. The molecule has 0 aliphatic carbocycles. The Kier molecular flexibility index (Phi) is 3.92. The Balaban J connectivity index is 1.78. The molecule has 2 unspecified atom stereocenters. The van der Waals surface area contributed by atoms with Crippen LogP contribution in [-0.4, -0.2) is 30.6 Å². The van der Waals surface area contributed by atoms with E-state index < -0.39 is 17.6 Å². The van der Waals surface area contributed by atoms with Gasteiger partial charge in [-0.15, -0.1) is 0 Å². The molecule has 0 saturated carbocycles. The minimum absolute atomic E-state index is 0.387. The fourth-order valence-electron chi connectivity index (χ4n) is 3.48. The third-order valence-electron chi connectivity index (χ3n) is 4.52. The van der Waals surface area contributed by atoms with Crippen LogP contribution >= 0.6 is 0 Å². The highest BCUT2D eigenvalue weighted by molar-refractivity contribution is 5.27. The Hall–Kier alpha value is -1.14. The van der Waals surface area contributed by atoms with Crippen LogP contribution in [0.2, 0.25) is 0 Å². The van der Waals surface area contributed by atoms with Crippen LogP contribution in [0.4, 0.5) is 17.6 Å². The monoisotopic (exact) mass is 302 g/mol. The van der Waals surface area contributed by atoms with Gasteiger partial charge in [0.2, 0.25) is 0 Å². The van der Waals surface area contributed by atoms with Crippen LogP contribution < -0.4 is 5.32 Å². The number of fused-ring (bicyclic) bond motifs is 1. The lowest BCUT2D eigenvalue weighted by molar-refractivity contribution is -0.140. The first-order valence-corrected chi connectivity index (χ1v) is 7.25. The number of rotatable bonds is 2. The molecular weight excluding hydrogens is 284 g/mol. The number of piperidine rings is 1. The summed E-state index contributed by atoms with van der Waals surface area (Å²) >= 11 is 0. The van der Waals surface area contributed by atoms with Gasteiger partial charge in [0.15, 0.2) is 0 Å². The number of hydrogen-bond acceptors (Lipinski definition) is 2. The predicted molar refractivity (Wildman–Crippen MR) is 71.2 cm³/mol. The molecule has 2 heterocycles. The van der Waals surface area contributed by atoms with Crippen molar-refractivity contribution in [3.63, 3.8) is 0 Å². The van der Waals surface area contributed by atoms with Gasteiger partial charge in [0, 0.05) is 19.1 Å². The van der Waals surface area contributed by atoms with Gasteiger partial charge in [-0.25, -0.2) is 4.39 Å². The van der Waals surface area contributed by atoms with Crippen LogP contribution in [0.15, 0.2) is 18.2 Å². The van der Waals surface area contributed by atoms with E-state index in [4.69, 9.17) is 0 Å². The molecule has 2 nitrogen and oxygen atoms in total. The van der Waals surface area contributed by atoms with Gasteiger partial charge in [-0.2, -0.15) is 13.2 Å². The van der Waals surface area contributed by atoms with Crippen LogP contribution in [0.1, 0.15) is 24.0 Å². The first-order valence-electron chi connectivity index (χ1n) is 7.25. The van der Waals surface area contributed by atoms with E-state index in [0.717, 1.165) is 38.2 Å². The number of nitrogens with zero attached hydrogens (tertiary/aromatic N) is 1. The molecule has 116 valence electrons. The number of nitrogens with one attached hydrogen (secondary N) is 1.